The van der Waals surface area contributed by atoms with Gasteiger partial charge in [-0.05, 0) is 24.3 Å². The molecule has 1 atom stereocenters. The first-order chi connectivity index (χ1) is 12.0. The van der Waals surface area contributed by atoms with Crippen molar-refractivity contribution in [2.75, 3.05) is 33.7 Å². The maximum absolute atomic E-state index is 13.0. The van der Waals surface area contributed by atoms with Crippen LogP contribution in [0.3, 0.4) is 0 Å². The molecule has 1 aromatic heterocycles. The average Bonchev–Trinajstić information content (AvgIpc) is 3.06. The summed E-state index contributed by atoms with van der Waals surface area (Å²) in [6.07, 6.45) is 3.63. The number of nitrogens with one attached hydrogen (secondary N) is 1. The molecule has 0 saturated carbocycles. The highest BCUT2D eigenvalue weighted by Gasteiger charge is 2.31. The molecule has 1 N–H and O–H groups in total. The third-order valence-electron chi connectivity index (χ3n) is 4.45. The molecule has 0 bridgehead atoms. The molecule has 1 aliphatic heterocycles. The minimum atomic E-state index is -0.107. The molecular weight excluding hydrogens is 354 g/mol. The van der Waals surface area contributed by atoms with Gasteiger partial charge >= 0.3 is 0 Å². The van der Waals surface area contributed by atoms with E-state index in [9.17, 15) is 9.59 Å². The number of aryl methyl sites for hydroxylation is 1. The Bertz CT molecular complexity index is 772. The summed E-state index contributed by atoms with van der Waals surface area (Å²) in [6, 6.07) is 6.73. The second kappa shape index (κ2) is 8.33. The first kappa shape index (κ1) is 19.9. The molecule has 2 heterocycles. The lowest BCUT2D eigenvalue weighted by molar-refractivity contribution is 0.0620. The van der Waals surface area contributed by atoms with Crippen molar-refractivity contribution in [1.29, 1.82) is 0 Å². The van der Waals surface area contributed by atoms with Crippen LogP contribution >= 0.6 is 12.4 Å². The third kappa shape index (κ3) is 3.89. The summed E-state index contributed by atoms with van der Waals surface area (Å²) >= 11 is 0. The second-order valence-corrected chi connectivity index (χ2v) is 6.39. The minimum absolute atomic E-state index is 0. The van der Waals surface area contributed by atoms with Crippen LogP contribution in [0.15, 0.2) is 36.7 Å². The van der Waals surface area contributed by atoms with Crippen molar-refractivity contribution >= 4 is 24.2 Å². The van der Waals surface area contributed by atoms with Gasteiger partial charge in [-0.25, -0.2) is 4.98 Å². The smallest absolute Gasteiger partial charge is 0.254 e. The number of halogens is 1. The van der Waals surface area contributed by atoms with E-state index in [0.717, 1.165) is 12.4 Å². The molecular formula is C18H24ClN5O2. The number of imidazole rings is 1. The summed E-state index contributed by atoms with van der Waals surface area (Å²) in [5.74, 6) is 0.741. The Morgan fingerprint density at radius 1 is 1.19 bits per heavy atom. The molecule has 8 heteroatoms. The molecule has 1 aliphatic rings. The van der Waals surface area contributed by atoms with E-state index >= 15 is 0 Å². The Hall–Kier alpha value is -2.38. The van der Waals surface area contributed by atoms with Crippen LogP contribution in [-0.4, -0.2) is 64.9 Å². The zero-order valence-corrected chi connectivity index (χ0v) is 16.0. The molecule has 1 aromatic carbocycles. The van der Waals surface area contributed by atoms with Crippen LogP contribution in [0.25, 0.3) is 0 Å². The summed E-state index contributed by atoms with van der Waals surface area (Å²) in [5, 5.41) is 3.33. The zero-order chi connectivity index (χ0) is 18.0. The topological polar surface area (TPSA) is 70.5 Å². The minimum Gasteiger partial charge on any atom is -0.345 e. The lowest BCUT2D eigenvalue weighted by atomic mass is 10.1. The molecule has 1 saturated heterocycles. The van der Waals surface area contributed by atoms with Crippen molar-refractivity contribution in [1.82, 2.24) is 24.7 Å². The number of nitrogens with zero attached hydrogens (tertiary/aromatic N) is 4. The fourth-order valence-electron chi connectivity index (χ4n) is 3.06. The van der Waals surface area contributed by atoms with Crippen molar-refractivity contribution in [2.24, 2.45) is 7.05 Å². The van der Waals surface area contributed by atoms with Gasteiger partial charge in [-0.15, -0.1) is 12.4 Å². The number of carbonyl (C=O) groups is 2. The number of carbonyl (C=O) groups excluding carboxylic acids is 2. The van der Waals surface area contributed by atoms with Gasteiger partial charge in [0.15, 0.2) is 0 Å². The molecule has 0 spiro atoms. The standard InChI is InChI=1S/C18H23N5O2.ClH/c1-21(2)17(24)13-4-6-14(7-5-13)18(25)23-11-8-19-12-15(23)16-20-9-10-22(16)3;/h4-7,9-10,15,19H,8,11-12H2,1-3H3;1H. The quantitative estimate of drug-likeness (QED) is 0.876. The highest BCUT2D eigenvalue weighted by Crippen LogP contribution is 2.23. The normalized spacial score (nSPS) is 16.7. The zero-order valence-electron chi connectivity index (χ0n) is 15.2. The van der Waals surface area contributed by atoms with E-state index in [1.807, 2.05) is 22.7 Å². The van der Waals surface area contributed by atoms with Gasteiger partial charge in [0.2, 0.25) is 0 Å². The Balaban J connectivity index is 0.00000243. The number of piperazine rings is 1. The molecule has 140 valence electrons. The van der Waals surface area contributed by atoms with Gasteiger partial charge in [0, 0.05) is 64.3 Å². The second-order valence-electron chi connectivity index (χ2n) is 6.39. The van der Waals surface area contributed by atoms with Gasteiger partial charge < -0.3 is 19.7 Å². The van der Waals surface area contributed by atoms with Gasteiger partial charge in [-0.1, -0.05) is 0 Å². The third-order valence-corrected chi connectivity index (χ3v) is 4.45. The number of hydrogen-bond acceptors (Lipinski definition) is 4. The molecule has 1 unspecified atom stereocenters. The van der Waals surface area contributed by atoms with Crippen LogP contribution in [0.2, 0.25) is 0 Å². The van der Waals surface area contributed by atoms with E-state index in [0.29, 0.717) is 24.2 Å². The van der Waals surface area contributed by atoms with E-state index < -0.39 is 0 Å². The Morgan fingerprint density at radius 3 is 2.42 bits per heavy atom. The fourth-order valence-corrected chi connectivity index (χ4v) is 3.06. The average molecular weight is 378 g/mol. The Morgan fingerprint density at radius 2 is 1.85 bits per heavy atom. The predicted octanol–water partition coefficient (Wildman–Crippen LogP) is 1.33. The van der Waals surface area contributed by atoms with E-state index in [-0.39, 0.29) is 30.3 Å². The highest BCUT2D eigenvalue weighted by atomic mass is 35.5. The van der Waals surface area contributed by atoms with Gasteiger partial charge in [-0.2, -0.15) is 0 Å². The van der Waals surface area contributed by atoms with E-state index in [4.69, 9.17) is 0 Å². The van der Waals surface area contributed by atoms with Gasteiger partial charge in [0.05, 0.1) is 0 Å². The summed E-state index contributed by atoms with van der Waals surface area (Å²) in [5.41, 5.74) is 1.15. The van der Waals surface area contributed by atoms with E-state index in [1.165, 1.54) is 4.90 Å². The van der Waals surface area contributed by atoms with Crippen molar-refractivity contribution in [3.8, 4) is 0 Å². The lowest BCUT2D eigenvalue weighted by Crippen LogP contribution is -2.49. The van der Waals surface area contributed by atoms with Gasteiger partial charge in [0.1, 0.15) is 11.9 Å². The Kier molecular flexibility index (Phi) is 6.39. The summed E-state index contributed by atoms with van der Waals surface area (Å²) in [4.78, 5) is 32.7. The van der Waals surface area contributed by atoms with Crippen molar-refractivity contribution in [3.05, 3.63) is 53.6 Å². The number of rotatable bonds is 3. The number of benzene rings is 1. The summed E-state index contributed by atoms with van der Waals surface area (Å²) in [7, 11) is 5.35. The molecule has 0 aliphatic carbocycles. The van der Waals surface area contributed by atoms with Crippen molar-refractivity contribution in [3.63, 3.8) is 0 Å². The van der Waals surface area contributed by atoms with Crippen LogP contribution in [0.5, 0.6) is 0 Å². The number of amides is 2. The van der Waals surface area contributed by atoms with Crippen molar-refractivity contribution in [2.45, 2.75) is 6.04 Å². The van der Waals surface area contributed by atoms with Crippen LogP contribution in [0.4, 0.5) is 0 Å². The fraction of sp³-hybridized carbons (Fsp3) is 0.389. The number of hydrogen-bond donors (Lipinski definition) is 1. The first-order valence-electron chi connectivity index (χ1n) is 8.29. The monoisotopic (exact) mass is 377 g/mol. The number of aromatic nitrogens is 2. The molecule has 3 rings (SSSR count). The molecule has 0 radical (unpaired) electrons. The largest absolute Gasteiger partial charge is 0.345 e. The van der Waals surface area contributed by atoms with E-state index in [2.05, 4.69) is 10.3 Å². The molecule has 2 amide bonds. The maximum Gasteiger partial charge on any atom is 0.254 e. The van der Waals surface area contributed by atoms with Gasteiger partial charge in [-0.3, -0.25) is 9.59 Å². The first-order valence-corrected chi connectivity index (χ1v) is 8.29. The molecule has 2 aromatic rings. The van der Waals surface area contributed by atoms with Crippen LogP contribution in [-0.2, 0) is 7.05 Å². The SMILES string of the molecule is CN(C)C(=O)c1ccc(C(=O)N2CCNCC2c2nccn2C)cc1.Cl. The summed E-state index contributed by atoms with van der Waals surface area (Å²) < 4.78 is 1.94. The Labute approximate surface area is 159 Å². The molecule has 26 heavy (non-hydrogen) atoms. The van der Waals surface area contributed by atoms with Crippen LogP contribution < -0.4 is 5.32 Å². The molecule has 7 nitrogen and oxygen atoms in total. The summed E-state index contributed by atoms with van der Waals surface area (Å²) in [6.45, 7) is 2.05. The molecule has 1 fully saturated rings. The van der Waals surface area contributed by atoms with E-state index in [1.54, 1.807) is 44.6 Å². The predicted molar refractivity (Wildman–Crippen MR) is 102 cm³/mol. The van der Waals surface area contributed by atoms with Gasteiger partial charge in [0.25, 0.3) is 11.8 Å². The van der Waals surface area contributed by atoms with Crippen LogP contribution in [0, 0.1) is 0 Å². The van der Waals surface area contributed by atoms with Crippen molar-refractivity contribution < 1.29 is 9.59 Å². The lowest BCUT2D eigenvalue weighted by Gasteiger charge is -2.35. The highest BCUT2D eigenvalue weighted by molar-refractivity contribution is 5.97. The van der Waals surface area contributed by atoms with Crippen LogP contribution in [0.1, 0.15) is 32.6 Å². The maximum atomic E-state index is 13.0.